The Labute approximate surface area is 168 Å². The molecule has 2 aromatic carbocycles. The summed E-state index contributed by atoms with van der Waals surface area (Å²) in [5.41, 5.74) is 3.31. The number of carbonyl (C=O) groups excluding carboxylic acids is 1. The van der Waals surface area contributed by atoms with E-state index in [4.69, 9.17) is 11.6 Å². The van der Waals surface area contributed by atoms with Gasteiger partial charge in [0, 0.05) is 15.8 Å². The minimum Gasteiger partial charge on any atom is -0.262 e. The molecule has 7 heteroatoms. The minimum atomic E-state index is -0.901. The molecule has 0 aromatic heterocycles. The van der Waals surface area contributed by atoms with Crippen LogP contribution >= 0.6 is 11.6 Å². The van der Waals surface area contributed by atoms with Crippen LogP contribution in [0, 0.1) is 17.8 Å². The van der Waals surface area contributed by atoms with Crippen molar-refractivity contribution >= 4 is 34.6 Å². The summed E-state index contributed by atoms with van der Waals surface area (Å²) in [6.07, 6.45) is 9.88. The van der Waals surface area contributed by atoms with Gasteiger partial charge in [0.05, 0.1) is 11.4 Å². The minimum absolute atomic E-state index is 0.00300. The maximum Gasteiger partial charge on any atom is 0.332 e. The lowest BCUT2D eigenvalue weighted by Crippen LogP contribution is -2.25. The van der Waals surface area contributed by atoms with Crippen molar-refractivity contribution in [3.8, 4) is 12.8 Å². The SMILES string of the molecule is C#C.C/C(=N\N1CN=C(c2cccc(Cl)c2)C=C1c1ccccc1)C(=O)N=O. The summed E-state index contributed by atoms with van der Waals surface area (Å²) in [5, 5.41) is 8.82. The lowest BCUT2D eigenvalue weighted by atomic mass is 10.0. The Morgan fingerprint density at radius 2 is 1.79 bits per heavy atom. The van der Waals surface area contributed by atoms with E-state index in [2.05, 4.69) is 28.1 Å². The number of nitrogens with zero attached hydrogens (tertiary/aromatic N) is 4. The van der Waals surface area contributed by atoms with E-state index in [1.165, 1.54) is 6.92 Å². The van der Waals surface area contributed by atoms with Gasteiger partial charge in [-0.15, -0.1) is 17.8 Å². The van der Waals surface area contributed by atoms with Gasteiger partial charge in [-0.25, -0.2) is 5.01 Å². The first kappa shape index (κ1) is 20.7. The molecule has 0 unspecified atom stereocenters. The fourth-order valence-corrected chi connectivity index (χ4v) is 2.70. The smallest absolute Gasteiger partial charge is 0.262 e. The van der Waals surface area contributed by atoms with Crippen LogP contribution in [0.2, 0.25) is 5.02 Å². The van der Waals surface area contributed by atoms with E-state index in [-0.39, 0.29) is 12.4 Å². The highest BCUT2D eigenvalue weighted by molar-refractivity contribution is 6.38. The number of hydrazone groups is 1. The molecular formula is C21H17ClN4O2. The maximum absolute atomic E-state index is 11.4. The van der Waals surface area contributed by atoms with E-state index >= 15 is 0 Å². The van der Waals surface area contributed by atoms with E-state index in [9.17, 15) is 9.70 Å². The molecule has 0 saturated heterocycles. The predicted octanol–water partition coefficient (Wildman–Crippen LogP) is 4.36. The number of amides is 1. The van der Waals surface area contributed by atoms with E-state index in [1.54, 1.807) is 11.1 Å². The molecule has 140 valence electrons. The first-order valence-corrected chi connectivity index (χ1v) is 8.57. The third kappa shape index (κ3) is 5.00. The summed E-state index contributed by atoms with van der Waals surface area (Å²) in [7, 11) is 0. The number of hydrogen-bond acceptors (Lipinski definition) is 5. The largest absolute Gasteiger partial charge is 0.332 e. The molecule has 1 heterocycles. The molecule has 1 amide bonds. The molecule has 28 heavy (non-hydrogen) atoms. The zero-order chi connectivity index (χ0) is 20.5. The zero-order valence-corrected chi connectivity index (χ0v) is 15.9. The van der Waals surface area contributed by atoms with Gasteiger partial charge in [-0.05, 0) is 30.7 Å². The number of aliphatic imine (C=N–C) groups is 1. The van der Waals surface area contributed by atoms with Crippen molar-refractivity contribution in [3.05, 3.63) is 81.7 Å². The Morgan fingerprint density at radius 3 is 2.43 bits per heavy atom. The average molecular weight is 393 g/mol. The summed E-state index contributed by atoms with van der Waals surface area (Å²) in [6, 6.07) is 17.0. The van der Waals surface area contributed by atoms with Crippen LogP contribution in [0.1, 0.15) is 18.1 Å². The monoisotopic (exact) mass is 392 g/mol. The van der Waals surface area contributed by atoms with Gasteiger partial charge < -0.3 is 0 Å². The van der Waals surface area contributed by atoms with E-state index in [1.807, 2.05) is 54.6 Å². The number of terminal acetylenes is 1. The van der Waals surface area contributed by atoms with E-state index in [0.717, 1.165) is 22.5 Å². The highest BCUT2D eigenvalue weighted by Crippen LogP contribution is 2.25. The number of nitroso groups, excluding NO2 is 1. The van der Waals surface area contributed by atoms with Crippen molar-refractivity contribution in [1.82, 2.24) is 5.01 Å². The Morgan fingerprint density at radius 1 is 1.11 bits per heavy atom. The van der Waals surface area contributed by atoms with Gasteiger partial charge in [-0.3, -0.25) is 9.79 Å². The molecular weight excluding hydrogens is 376 g/mol. The second-order valence-corrected chi connectivity index (χ2v) is 6.01. The number of halogens is 1. The van der Waals surface area contributed by atoms with Crippen LogP contribution in [-0.4, -0.2) is 29.0 Å². The molecule has 0 bridgehead atoms. The lowest BCUT2D eigenvalue weighted by Gasteiger charge is -2.25. The Balaban J connectivity index is 0.00000136. The standard InChI is InChI=1S/C19H15ClN4O2.C2H2/c1-13(19(25)23-26)22-24-12-21-17(15-8-5-9-16(20)10-15)11-18(24)14-6-3-2-4-7-14;1-2/h2-11H,12H2,1H3;1-2H/b22-13+;. The normalized spacial score (nSPS) is 13.6. The zero-order valence-electron chi connectivity index (χ0n) is 15.1. The van der Waals surface area contributed by atoms with Gasteiger partial charge in [0.2, 0.25) is 0 Å². The number of carbonyl (C=O) groups is 1. The lowest BCUT2D eigenvalue weighted by molar-refractivity contribution is -0.112. The molecule has 0 fully saturated rings. The molecule has 0 atom stereocenters. The molecule has 6 nitrogen and oxygen atoms in total. The molecule has 1 aliphatic rings. The number of hydrogen-bond donors (Lipinski definition) is 0. The van der Waals surface area contributed by atoms with Crippen molar-refractivity contribution in [1.29, 1.82) is 0 Å². The molecule has 0 spiro atoms. The van der Waals surface area contributed by atoms with Crippen LogP contribution < -0.4 is 0 Å². The summed E-state index contributed by atoms with van der Waals surface area (Å²) in [6.45, 7) is 1.65. The molecule has 1 aliphatic heterocycles. The average Bonchev–Trinajstić information content (AvgIpc) is 2.75. The maximum atomic E-state index is 11.4. The third-order valence-corrected chi connectivity index (χ3v) is 4.01. The summed E-state index contributed by atoms with van der Waals surface area (Å²) < 4.78 is 0. The van der Waals surface area contributed by atoms with Crippen LogP contribution in [0.3, 0.4) is 0 Å². The first-order valence-electron chi connectivity index (χ1n) is 8.20. The van der Waals surface area contributed by atoms with E-state index in [0.29, 0.717) is 5.02 Å². The van der Waals surface area contributed by atoms with Crippen LogP contribution in [0.15, 0.2) is 75.9 Å². The third-order valence-electron chi connectivity index (χ3n) is 3.78. The van der Waals surface area contributed by atoms with Gasteiger partial charge in [0.1, 0.15) is 12.4 Å². The molecule has 0 N–H and O–H groups in total. The van der Waals surface area contributed by atoms with Crippen LogP contribution in [0.25, 0.3) is 5.70 Å². The molecule has 0 radical (unpaired) electrons. The van der Waals surface area contributed by atoms with Crippen molar-refractivity contribution in [2.75, 3.05) is 6.67 Å². The topological polar surface area (TPSA) is 74.5 Å². The summed E-state index contributed by atoms with van der Waals surface area (Å²) in [4.78, 5) is 26.4. The van der Waals surface area contributed by atoms with Gasteiger partial charge in [0.25, 0.3) is 0 Å². The Kier molecular flexibility index (Phi) is 7.37. The van der Waals surface area contributed by atoms with Crippen molar-refractivity contribution < 1.29 is 4.79 Å². The van der Waals surface area contributed by atoms with Gasteiger partial charge in [-0.1, -0.05) is 54.1 Å². The molecule has 0 saturated carbocycles. The Hall–Kier alpha value is -3.56. The van der Waals surface area contributed by atoms with E-state index < -0.39 is 5.91 Å². The van der Waals surface area contributed by atoms with Crippen molar-refractivity contribution in [2.24, 2.45) is 15.3 Å². The molecule has 0 aliphatic carbocycles. The van der Waals surface area contributed by atoms with Gasteiger partial charge >= 0.3 is 5.91 Å². The summed E-state index contributed by atoms with van der Waals surface area (Å²) in [5.74, 6) is -0.901. The number of allylic oxidation sites excluding steroid dienone is 1. The fourth-order valence-electron chi connectivity index (χ4n) is 2.51. The van der Waals surface area contributed by atoms with Crippen LogP contribution in [0.4, 0.5) is 0 Å². The highest BCUT2D eigenvalue weighted by Gasteiger charge is 2.19. The second kappa shape index (κ2) is 9.95. The number of benzene rings is 2. The molecule has 2 aromatic rings. The van der Waals surface area contributed by atoms with Crippen molar-refractivity contribution in [3.63, 3.8) is 0 Å². The Bertz CT molecular complexity index is 978. The van der Waals surface area contributed by atoms with Gasteiger partial charge in [0.15, 0.2) is 0 Å². The first-order chi connectivity index (χ1) is 13.6. The molecule has 3 rings (SSSR count). The summed E-state index contributed by atoms with van der Waals surface area (Å²) >= 11 is 6.08. The van der Waals surface area contributed by atoms with Crippen LogP contribution in [0.5, 0.6) is 0 Å². The van der Waals surface area contributed by atoms with Crippen molar-refractivity contribution in [2.45, 2.75) is 6.92 Å². The number of rotatable bonds is 4. The predicted molar refractivity (Wildman–Crippen MR) is 113 cm³/mol. The quantitative estimate of drug-likeness (QED) is 0.440. The van der Waals surface area contributed by atoms with Crippen LogP contribution in [-0.2, 0) is 4.79 Å². The second-order valence-electron chi connectivity index (χ2n) is 5.57. The van der Waals surface area contributed by atoms with Gasteiger partial charge in [-0.2, -0.15) is 5.10 Å². The fraction of sp³-hybridized carbons (Fsp3) is 0.0952. The highest BCUT2D eigenvalue weighted by atomic mass is 35.5.